The van der Waals surface area contributed by atoms with Crippen molar-refractivity contribution in [3.63, 3.8) is 0 Å². The Balaban J connectivity index is 2.18. The van der Waals surface area contributed by atoms with Gasteiger partial charge in [0.1, 0.15) is 0 Å². The summed E-state index contributed by atoms with van der Waals surface area (Å²) in [6.07, 6.45) is 1.05. The van der Waals surface area contributed by atoms with Crippen molar-refractivity contribution < 1.29 is 4.79 Å². The second kappa shape index (κ2) is 7.41. The molecule has 4 nitrogen and oxygen atoms in total. The van der Waals surface area contributed by atoms with E-state index in [1.807, 2.05) is 6.92 Å². The minimum atomic E-state index is 0.115. The Morgan fingerprint density at radius 1 is 1.40 bits per heavy atom. The standard InChI is InChI=1S/C16H25N3O/c1-3-18-16(20)12-19(4-2)15-9-10-17-11-13-7-5-6-8-14(13)15/h5-8,15,17H,3-4,9-12H2,1-2H3,(H,18,20). The fraction of sp³-hybridized carbons (Fsp3) is 0.562. The van der Waals surface area contributed by atoms with Gasteiger partial charge in [-0.25, -0.2) is 0 Å². The predicted octanol–water partition coefficient (Wildman–Crippen LogP) is 1.68. The van der Waals surface area contributed by atoms with Crippen molar-refractivity contribution in [1.82, 2.24) is 15.5 Å². The molecular formula is C16H25N3O. The number of hydrogen-bond donors (Lipinski definition) is 2. The molecule has 1 aliphatic rings. The van der Waals surface area contributed by atoms with Gasteiger partial charge in [-0.2, -0.15) is 0 Å². The summed E-state index contributed by atoms with van der Waals surface area (Å²) in [6.45, 7) is 8.05. The molecule has 0 fully saturated rings. The van der Waals surface area contributed by atoms with Gasteiger partial charge in [0.25, 0.3) is 0 Å². The third kappa shape index (κ3) is 3.58. The van der Waals surface area contributed by atoms with E-state index in [0.29, 0.717) is 19.1 Å². The first-order chi connectivity index (χ1) is 9.76. The number of nitrogens with zero attached hydrogens (tertiary/aromatic N) is 1. The van der Waals surface area contributed by atoms with E-state index >= 15 is 0 Å². The zero-order chi connectivity index (χ0) is 14.4. The number of hydrogen-bond acceptors (Lipinski definition) is 3. The molecule has 4 heteroatoms. The molecule has 2 N–H and O–H groups in total. The Labute approximate surface area is 121 Å². The molecule has 1 amide bonds. The van der Waals surface area contributed by atoms with Crippen molar-refractivity contribution in [2.24, 2.45) is 0 Å². The summed E-state index contributed by atoms with van der Waals surface area (Å²) in [5.41, 5.74) is 2.72. The summed E-state index contributed by atoms with van der Waals surface area (Å²) in [4.78, 5) is 14.2. The van der Waals surface area contributed by atoms with Crippen molar-refractivity contribution in [2.75, 3.05) is 26.2 Å². The minimum absolute atomic E-state index is 0.115. The highest BCUT2D eigenvalue weighted by atomic mass is 16.2. The van der Waals surface area contributed by atoms with E-state index in [2.05, 4.69) is 46.7 Å². The van der Waals surface area contributed by atoms with Crippen molar-refractivity contribution >= 4 is 5.91 Å². The van der Waals surface area contributed by atoms with Gasteiger partial charge in [0.2, 0.25) is 5.91 Å². The van der Waals surface area contributed by atoms with Crippen molar-refractivity contribution in [3.8, 4) is 0 Å². The van der Waals surface area contributed by atoms with E-state index in [9.17, 15) is 4.79 Å². The zero-order valence-electron chi connectivity index (χ0n) is 12.5. The molecule has 20 heavy (non-hydrogen) atoms. The van der Waals surface area contributed by atoms with E-state index in [4.69, 9.17) is 0 Å². The van der Waals surface area contributed by atoms with Crippen LogP contribution in [-0.2, 0) is 11.3 Å². The van der Waals surface area contributed by atoms with Crippen molar-refractivity contribution in [3.05, 3.63) is 35.4 Å². The molecule has 0 saturated carbocycles. The number of rotatable bonds is 5. The van der Waals surface area contributed by atoms with Gasteiger partial charge in [-0.3, -0.25) is 9.69 Å². The van der Waals surface area contributed by atoms with Gasteiger partial charge >= 0.3 is 0 Å². The smallest absolute Gasteiger partial charge is 0.234 e. The quantitative estimate of drug-likeness (QED) is 0.859. The lowest BCUT2D eigenvalue weighted by atomic mass is 9.98. The number of benzene rings is 1. The Morgan fingerprint density at radius 3 is 2.95 bits per heavy atom. The van der Waals surface area contributed by atoms with Crippen LogP contribution in [-0.4, -0.2) is 37.0 Å². The number of nitrogens with one attached hydrogen (secondary N) is 2. The molecule has 0 aromatic heterocycles. The van der Waals surface area contributed by atoms with Crippen LogP contribution in [0.25, 0.3) is 0 Å². The van der Waals surface area contributed by atoms with Gasteiger partial charge in [-0.05, 0) is 37.6 Å². The lowest BCUT2D eigenvalue weighted by molar-refractivity contribution is -0.122. The summed E-state index contributed by atoms with van der Waals surface area (Å²) in [7, 11) is 0. The molecule has 110 valence electrons. The molecule has 1 atom stereocenters. The minimum Gasteiger partial charge on any atom is -0.355 e. The Bertz CT molecular complexity index is 447. The van der Waals surface area contributed by atoms with Crippen LogP contribution in [0.4, 0.5) is 0 Å². The maximum absolute atomic E-state index is 11.9. The van der Waals surface area contributed by atoms with E-state index in [0.717, 1.165) is 26.1 Å². The van der Waals surface area contributed by atoms with Crippen LogP contribution in [0.2, 0.25) is 0 Å². The largest absolute Gasteiger partial charge is 0.355 e. The summed E-state index contributed by atoms with van der Waals surface area (Å²) < 4.78 is 0. The second-order valence-electron chi connectivity index (χ2n) is 5.20. The molecule has 1 aliphatic heterocycles. The van der Waals surface area contributed by atoms with Crippen molar-refractivity contribution in [1.29, 1.82) is 0 Å². The lowest BCUT2D eigenvalue weighted by Crippen LogP contribution is -2.39. The molecule has 0 aliphatic carbocycles. The van der Waals surface area contributed by atoms with E-state index in [-0.39, 0.29) is 5.91 Å². The van der Waals surface area contributed by atoms with E-state index in [1.54, 1.807) is 0 Å². The van der Waals surface area contributed by atoms with Crippen LogP contribution in [0.1, 0.15) is 37.4 Å². The normalized spacial score (nSPS) is 18.4. The number of amides is 1. The molecule has 0 spiro atoms. The highest BCUT2D eigenvalue weighted by Gasteiger charge is 2.24. The first kappa shape index (κ1) is 15.0. The van der Waals surface area contributed by atoms with Crippen LogP contribution < -0.4 is 10.6 Å². The first-order valence-electron chi connectivity index (χ1n) is 7.55. The summed E-state index contributed by atoms with van der Waals surface area (Å²) in [6, 6.07) is 8.89. The first-order valence-corrected chi connectivity index (χ1v) is 7.55. The summed E-state index contributed by atoms with van der Waals surface area (Å²) >= 11 is 0. The van der Waals surface area contributed by atoms with E-state index in [1.165, 1.54) is 11.1 Å². The maximum Gasteiger partial charge on any atom is 0.234 e. The number of fused-ring (bicyclic) bond motifs is 1. The predicted molar refractivity (Wildman–Crippen MR) is 81.4 cm³/mol. The van der Waals surface area contributed by atoms with Gasteiger partial charge in [0.05, 0.1) is 6.54 Å². The molecule has 1 heterocycles. The highest BCUT2D eigenvalue weighted by Crippen LogP contribution is 2.28. The molecule has 1 aromatic rings. The molecule has 1 aromatic carbocycles. The SMILES string of the molecule is CCNC(=O)CN(CC)C1CCNCc2ccccc21. The average Bonchev–Trinajstić information content (AvgIpc) is 2.67. The van der Waals surface area contributed by atoms with Gasteiger partial charge < -0.3 is 10.6 Å². The van der Waals surface area contributed by atoms with Crippen LogP contribution >= 0.6 is 0 Å². The summed E-state index contributed by atoms with van der Waals surface area (Å²) in [5, 5.41) is 6.36. The lowest BCUT2D eigenvalue weighted by Gasteiger charge is -2.30. The topological polar surface area (TPSA) is 44.4 Å². The maximum atomic E-state index is 11.9. The number of carbonyl (C=O) groups is 1. The summed E-state index contributed by atoms with van der Waals surface area (Å²) in [5.74, 6) is 0.115. The van der Waals surface area contributed by atoms with E-state index < -0.39 is 0 Å². The third-order valence-corrected chi connectivity index (χ3v) is 3.89. The van der Waals surface area contributed by atoms with Gasteiger partial charge in [-0.15, -0.1) is 0 Å². The molecule has 2 rings (SSSR count). The molecule has 1 unspecified atom stereocenters. The van der Waals surface area contributed by atoms with Crippen molar-refractivity contribution in [2.45, 2.75) is 32.9 Å². The second-order valence-corrected chi connectivity index (χ2v) is 5.20. The Morgan fingerprint density at radius 2 is 2.20 bits per heavy atom. The van der Waals surface area contributed by atoms with Crippen LogP contribution in [0, 0.1) is 0 Å². The molecule has 0 radical (unpaired) electrons. The molecule has 0 saturated heterocycles. The monoisotopic (exact) mass is 275 g/mol. The highest BCUT2D eigenvalue weighted by molar-refractivity contribution is 5.78. The van der Waals surface area contributed by atoms with Gasteiger partial charge in [0.15, 0.2) is 0 Å². The Kier molecular flexibility index (Phi) is 5.56. The fourth-order valence-corrected chi connectivity index (χ4v) is 2.90. The van der Waals surface area contributed by atoms with Crippen LogP contribution in [0.3, 0.4) is 0 Å². The molecule has 0 bridgehead atoms. The fourth-order valence-electron chi connectivity index (χ4n) is 2.90. The van der Waals surface area contributed by atoms with Crippen LogP contribution in [0.5, 0.6) is 0 Å². The molecular weight excluding hydrogens is 250 g/mol. The van der Waals surface area contributed by atoms with Gasteiger partial charge in [-0.1, -0.05) is 31.2 Å². The zero-order valence-corrected chi connectivity index (χ0v) is 12.5. The number of carbonyl (C=O) groups excluding carboxylic acids is 1. The van der Waals surface area contributed by atoms with Crippen LogP contribution in [0.15, 0.2) is 24.3 Å². The number of likely N-dealkylation sites (N-methyl/N-ethyl adjacent to an activating group) is 2. The Hall–Kier alpha value is -1.39. The third-order valence-electron chi connectivity index (χ3n) is 3.89. The average molecular weight is 275 g/mol. The van der Waals surface area contributed by atoms with Gasteiger partial charge in [0, 0.05) is 19.1 Å².